The molecular weight excluding hydrogens is 192 g/mol. The topological polar surface area (TPSA) is 64.2 Å². The second-order valence-corrected chi connectivity index (χ2v) is 4.14. The molecule has 5 heteroatoms. The number of nitrogens with two attached hydrogens (primary N) is 1. The van der Waals surface area contributed by atoms with E-state index in [1.807, 2.05) is 13.8 Å². The molecule has 1 aromatic heterocycles. The van der Waals surface area contributed by atoms with Gasteiger partial charge in [-0.15, -0.1) is 0 Å². The van der Waals surface area contributed by atoms with Crippen LogP contribution in [-0.4, -0.2) is 22.2 Å². The largest absolute Gasteiger partial charge is 0.394 e. The van der Waals surface area contributed by atoms with Gasteiger partial charge in [0.2, 0.25) is 5.91 Å². The van der Waals surface area contributed by atoms with Crippen molar-refractivity contribution < 1.29 is 4.79 Å². The minimum atomic E-state index is -0.00847. The fourth-order valence-corrected chi connectivity index (χ4v) is 1.86. The minimum Gasteiger partial charge on any atom is -0.394 e. The van der Waals surface area contributed by atoms with Crippen molar-refractivity contribution in [3.63, 3.8) is 0 Å². The van der Waals surface area contributed by atoms with Crippen molar-refractivity contribution in [1.29, 1.82) is 0 Å². The molecule has 0 spiro atoms. The Hall–Kier alpha value is -1.52. The number of aromatic nitrogens is 2. The maximum Gasteiger partial charge on any atom is 0.230 e. The van der Waals surface area contributed by atoms with Crippen LogP contribution in [0.2, 0.25) is 0 Å². The molecule has 0 atom stereocenters. The van der Waals surface area contributed by atoms with E-state index >= 15 is 0 Å². The van der Waals surface area contributed by atoms with E-state index in [0.717, 1.165) is 25.3 Å². The molecule has 5 nitrogen and oxygen atoms in total. The zero-order valence-electron chi connectivity index (χ0n) is 9.10. The van der Waals surface area contributed by atoms with Crippen molar-refractivity contribution >= 4 is 17.4 Å². The van der Waals surface area contributed by atoms with E-state index in [1.165, 1.54) is 0 Å². The van der Waals surface area contributed by atoms with Gasteiger partial charge < -0.3 is 5.73 Å². The predicted molar refractivity (Wildman–Crippen MR) is 58.4 cm³/mol. The number of hydrogen-bond acceptors (Lipinski definition) is 3. The van der Waals surface area contributed by atoms with Crippen molar-refractivity contribution in [2.24, 2.45) is 5.92 Å². The normalized spacial score (nSPS) is 15.5. The Balaban J connectivity index is 2.37. The molecular formula is C10H16N4O. The average molecular weight is 208 g/mol. The van der Waals surface area contributed by atoms with Gasteiger partial charge in [-0.05, 0) is 6.42 Å². The lowest BCUT2D eigenvalue weighted by Gasteiger charge is -2.29. The summed E-state index contributed by atoms with van der Waals surface area (Å²) in [6.45, 7) is 5.38. The summed E-state index contributed by atoms with van der Waals surface area (Å²) in [7, 11) is 0. The Labute approximate surface area is 88.8 Å². The number of nitrogens with zero attached hydrogens (tertiary/aromatic N) is 3. The van der Waals surface area contributed by atoms with E-state index in [4.69, 9.17) is 5.73 Å². The number of anilines is 2. The Kier molecular flexibility index (Phi) is 2.38. The monoisotopic (exact) mass is 208 g/mol. The maximum atomic E-state index is 11.9. The van der Waals surface area contributed by atoms with Gasteiger partial charge in [-0.1, -0.05) is 13.8 Å². The molecule has 2 heterocycles. The summed E-state index contributed by atoms with van der Waals surface area (Å²) in [4.78, 5) is 13.7. The van der Waals surface area contributed by atoms with Crippen molar-refractivity contribution in [1.82, 2.24) is 9.78 Å². The summed E-state index contributed by atoms with van der Waals surface area (Å²) in [6, 6.07) is 0. The lowest BCUT2D eigenvalue weighted by atomic mass is 10.1. The minimum absolute atomic E-state index is 0.00847. The summed E-state index contributed by atoms with van der Waals surface area (Å²) in [5, 5.41) is 4.15. The molecule has 0 aromatic carbocycles. The summed E-state index contributed by atoms with van der Waals surface area (Å²) >= 11 is 0. The molecule has 0 saturated carbocycles. The fraction of sp³-hybridized carbons (Fsp3) is 0.600. The molecule has 0 aliphatic carbocycles. The molecule has 0 unspecified atom stereocenters. The van der Waals surface area contributed by atoms with Gasteiger partial charge >= 0.3 is 0 Å². The van der Waals surface area contributed by atoms with Crippen LogP contribution in [0.4, 0.5) is 11.5 Å². The Morgan fingerprint density at radius 1 is 1.53 bits per heavy atom. The lowest BCUT2D eigenvalue weighted by molar-refractivity contribution is -0.121. The van der Waals surface area contributed by atoms with E-state index < -0.39 is 0 Å². The molecule has 0 saturated heterocycles. The zero-order valence-corrected chi connectivity index (χ0v) is 9.10. The van der Waals surface area contributed by atoms with Crippen molar-refractivity contribution in [3.05, 3.63) is 6.20 Å². The molecule has 82 valence electrons. The maximum absolute atomic E-state index is 11.9. The molecule has 2 rings (SSSR count). The molecule has 0 bridgehead atoms. The van der Waals surface area contributed by atoms with Crippen molar-refractivity contribution in [2.75, 3.05) is 17.2 Å². The summed E-state index contributed by atoms with van der Waals surface area (Å²) in [5.41, 5.74) is 6.40. The third-order valence-corrected chi connectivity index (χ3v) is 2.61. The highest BCUT2D eigenvalue weighted by molar-refractivity contribution is 5.96. The Morgan fingerprint density at radius 2 is 2.27 bits per heavy atom. The van der Waals surface area contributed by atoms with E-state index in [-0.39, 0.29) is 11.8 Å². The fourth-order valence-electron chi connectivity index (χ4n) is 1.86. The second-order valence-electron chi connectivity index (χ2n) is 4.14. The zero-order chi connectivity index (χ0) is 11.0. The molecule has 1 amide bonds. The van der Waals surface area contributed by atoms with Gasteiger partial charge in [0.1, 0.15) is 0 Å². The number of carbonyl (C=O) groups is 1. The number of hydrogen-bond donors (Lipinski definition) is 1. The van der Waals surface area contributed by atoms with Gasteiger partial charge in [0.25, 0.3) is 0 Å². The molecule has 1 aliphatic rings. The first-order valence-corrected chi connectivity index (χ1v) is 5.24. The highest BCUT2D eigenvalue weighted by atomic mass is 16.2. The van der Waals surface area contributed by atoms with Gasteiger partial charge in [0.15, 0.2) is 5.82 Å². The van der Waals surface area contributed by atoms with Crippen LogP contribution in [0.25, 0.3) is 0 Å². The molecule has 15 heavy (non-hydrogen) atoms. The van der Waals surface area contributed by atoms with Crippen LogP contribution in [0.1, 0.15) is 20.3 Å². The second kappa shape index (κ2) is 3.56. The van der Waals surface area contributed by atoms with Crippen LogP contribution >= 0.6 is 0 Å². The van der Waals surface area contributed by atoms with Crippen LogP contribution in [-0.2, 0) is 11.3 Å². The quantitative estimate of drug-likeness (QED) is 0.744. The van der Waals surface area contributed by atoms with E-state index in [1.54, 1.807) is 15.8 Å². The van der Waals surface area contributed by atoms with Gasteiger partial charge in [0, 0.05) is 19.0 Å². The average Bonchev–Trinajstić information content (AvgIpc) is 2.59. The van der Waals surface area contributed by atoms with Gasteiger partial charge in [-0.3, -0.25) is 9.69 Å². The summed E-state index contributed by atoms with van der Waals surface area (Å²) in [5.74, 6) is 0.869. The van der Waals surface area contributed by atoms with Crippen LogP contribution in [0.15, 0.2) is 6.20 Å². The van der Waals surface area contributed by atoms with Gasteiger partial charge in [0.05, 0.1) is 11.9 Å². The Bertz CT molecular complexity index is 383. The number of fused-ring (bicyclic) bond motifs is 1. The van der Waals surface area contributed by atoms with Crippen LogP contribution in [0.5, 0.6) is 0 Å². The first-order valence-electron chi connectivity index (χ1n) is 5.24. The molecule has 1 aromatic rings. The molecule has 1 aliphatic heterocycles. The summed E-state index contributed by atoms with van der Waals surface area (Å²) in [6.07, 6.45) is 2.55. The first kappa shape index (κ1) is 10.0. The highest BCUT2D eigenvalue weighted by Crippen LogP contribution is 2.27. The van der Waals surface area contributed by atoms with E-state index in [0.29, 0.717) is 5.69 Å². The highest BCUT2D eigenvalue weighted by Gasteiger charge is 2.27. The number of amides is 1. The van der Waals surface area contributed by atoms with Crippen LogP contribution in [0, 0.1) is 5.92 Å². The van der Waals surface area contributed by atoms with Crippen LogP contribution < -0.4 is 10.6 Å². The molecule has 0 radical (unpaired) electrons. The van der Waals surface area contributed by atoms with E-state index in [9.17, 15) is 4.79 Å². The molecule has 0 fully saturated rings. The lowest BCUT2D eigenvalue weighted by Crippen LogP contribution is -2.40. The Morgan fingerprint density at radius 3 is 2.93 bits per heavy atom. The number of rotatable bonds is 1. The third kappa shape index (κ3) is 1.58. The number of nitrogen functional groups attached to an aromatic ring is 1. The standard InChI is InChI=1S/C10H16N4O/c1-7(2)10(15)13-4-3-5-14-9(13)8(11)6-12-14/h6-7H,3-5,11H2,1-2H3. The first-order chi connectivity index (χ1) is 7.11. The molecule has 2 N–H and O–H groups in total. The van der Waals surface area contributed by atoms with Crippen molar-refractivity contribution in [2.45, 2.75) is 26.8 Å². The summed E-state index contributed by atoms with van der Waals surface area (Å²) < 4.78 is 1.80. The number of carbonyl (C=O) groups excluding carboxylic acids is 1. The van der Waals surface area contributed by atoms with E-state index in [2.05, 4.69) is 5.10 Å². The third-order valence-electron chi connectivity index (χ3n) is 2.61. The SMILES string of the molecule is CC(C)C(=O)N1CCCn2ncc(N)c21. The van der Waals surface area contributed by atoms with Gasteiger partial charge in [-0.2, -0.15) is 5.10 Å². The van der Waals surface area contributed by atoms with Crippen LogP contribution in [0.3, 0.4) is 0 Å². The van der Waals surface area contributed by atoms with Gasteiger partial charge in [-0.25, -0.2) is 4.68 Å². The number of aryl methyl sites for hydroxylation is 1. The van der Waals surface area contributed by atoms with Crippen molar-refractivity contribution in [3.8, 4) is 0 Å². The smallest absolute Gasteiger partial charge is 0.230 e. The predicted octanol–water partition coefficient (Wildman–Crippen LogP) is 0.858.